The average Bonchev–Trinajstić information content (AvgIpc) is 1.83. The van der Waals surface area contributed by atoms with E-state index in [4.69, 9.17) is 15.3 Å². The van der Waals surface area contributed by atoms with Gasteiger partial charge in [-0.3, -0.25) is 4.79 Å². The molecule has 8 heteroatoms. The number of carboxylic acid groups (broad SMARTS) is 3. The van der Waals surface area contributed by atoms with E-state index in [2.05, 4.69) is 0 Å². The van der Waals surface area contributed by atoms with Crippen LogP contribution in [0, 0.1) is 0 Å². The van der Waals surface area contributed by atoms with Crippen LogP contribution in [-0.4, -0.2) is 136 Å². The normalized spacial score (nSPS) is 9.29. The number of hydrogen-bond acceptors (Lipinski definition) is 3. The fraction of sp³-hybridized carbons (Fsp3) is 0.167. The summed E-state index contributed by atoms with van der Waals surface area (Å²) in [5.41, 5.74) is -0.657. The first-order valence-electron chi connectivity index (χ1n) is 2.82. The molecule has 0 fully saturated rings. The van der Waals surface area contributed by atoms with Crippen molar-refractivity contribution in [3.8, 4) is 0 Å². The summed E-state index contributed by atoms with van der Waals surface area (Å²) in [7, 11) is 0. The molecule has 0 rings (SSSR count). The van der Waals surface area contributed by atoms with Gasteiger partial charge in [0.2, 0.25) is 0 Å². The van der Waals surface area contributed by atoms with Crippen LogP contribution in [0.4, 0.5) is 0 Å². The molecule has 0 aromatic carbocycles. The molecule has 3 N–H and O–H groups in total. The molecule has 6 nitrogen and oxygen atoms in total. The van der Waals surface area contributed by atoms with Gasteiger partial charge in [0.1, 0.15) is 0 Å². The fourth-order valence-electron chi connectivity index (χ4n) is 0.500. The average molecular weight is 254 g/mol. The van der Waals surface area contributed by atoms with Crippen molar-refractivity contribution in [3.05, 3.63) is 11.6 Å². The van der Waals surface area contributed by atoms with E-state index in [1.807, 2.05) is 0 Å². The maximum absolute atomic E-state index is 10.2. The minimum atomic E-state index is -1.54. The molecule has 0 amide bonds. The van der Waals surface area contributed by atoms with Gasteiger partial charge in [0.15, 0.2) is 0 Å². The van der Waals surface area contributed by atoms with Crippen molar-refractivity contribution in [2.75, 3.05) is 0 Å². The number of hydrogen-bond donors (Lipinski definition) is 3. The Morgan fingerprint density at radius 2 is 1.43 bits per heavy atom. The second-order valence-electron chi connectivity index (χ2n) is 1.88. The molecule has 0 aliphatic carbocycles. The van der Waals surface area contributed by atoms with Crippen molar-refractivity contribution in [1.29, 1.82) is 0 Å². The molecule has 0 saturated heterocycles. The fourth-order valence-corrected chi connectivity index (χ4v) is 0.500. The van der Waals surface area contributed by atoms with E-state index in [9.17, 15) is 14.4 Å². The zero-order valence-corrected chi connectivity index (χ0v) is 5.85. The van der Waals surface area contributed by atoms with Crippen LogP contribution >= 0.6 is 0 Å². The molecule has 0 saturated carbocycles. The van der Waals surface area contributed by atoms with Gasteiger partial charge in [-0.15, -0.1) is 0 Å². The summed E-state index contributed by atoms with van der Waals surface area (Å²) >= 11 is 0. The molecule has 0 aromatic rings. The summed E-state index contributed by atoms with van der Waals surface area (Å²) in [6.45, 7) is 0. The van der Waals surface area contributed by atoms with Crippen molar-refractivity contribution in [2.24, 2.45) is 0 Å². The van der Waals surface area contributed by atoms with Gasteiger partial charge >= 0.3 is 121 Å². The van der Waals surface area contributed by atoms with Crippen LogP contribution in [-0.2, 0) is 14.4 Å². The Labute approximate surface area is 165 Å². The van der Waals surface area contributed by atoms with Crippen molar-refractivity contribution < 1.29 is 29.7 Å². The Bertz CT molecular complexity index is 259. The van der Waals surface area contributed by atoms with Crippen LogP contribution in [0.25, 0.3) is 0 Å². The van der Waals surface area contributed by atoms with E-state index in [1.165, 1.54) is 0 Å². The third kappa shape index (κ3) is 11.5. The van der Waals surface area contributed by atoms with Gasteiger partial charge in [-0.05, 0) is 0 Å². The van der Waals surface area contributed by atoms with Gasteiger partial charge in [-0.25, -0.2) is 9.59 Å². The van der Waals surface area contributed by atoms with E-state index in [0.29, 0.717) is 6.08 Å². The van der Waals surface area contributed by atoms with Crippen LogP contribution in [0.15, 0.2) is 11.6 Å². The first kappa shape index (κ1) is 20.8. The molecular formula is C6H8K2O6. The molecule has 0 aliphatic rings. The van der Waals surface area contributed by atoms with Crippen LogP contribution in [0.3, 0.4) is 0 Å². The van der Waals surface area contributed by atoms with E-state index < -0.39 is 29.9 Å². The number of rotatable bonds is 4. The van der Waals surface area contributed by atoms with Crippen LogP contribution in [0.1, 0.15) is 6.42 Å². The quantitative estimate of drug-likeness (QED) is 0.405. The molecule has 0 bridgehead atoms. The molecule has 14 heavy (non-hydrogen) atoms. The summed E-state index contributed by atoms with van der Waals surface area (Å²) in [5.74, 6) is -4.40. The van der Waals surface area contributed by atoms with Gasteiger partial charge < -0.3 is 15.3 Å². The Morgan fingerprint density at radius 1 is 1.00 bits per heavy atom. The van der Waals surface area contributed by atoms with Gasteiger partial charge in [0.25, 0.3) is 0 Å². The topological polar surface area (TPSA) is 112 Å². The van der Waals surface area contributed by atoms with Gasteiger partial charge in [-0.2, -0.15) is 0 Å². The van der Waals surface area contributed by atoms with Crippen LogP contribution in [0.5, 0.6) is 0 Å². The summed E-state index contributed by atoms with van der Waals surface area (Å²) in [4.78, 5) is 30.1. The number of aliphatic carboxylic acids is 3. The second kappa shape index (κ2) is 10.9. The van der Waals surface area contributed by atoms with Crippen molar-refractivity contribution in [1.82, 2.24) is 0 Å². The molecule has 0 heterocycles. The number of carboxylic acids is 3. The van der Waals surface area contributed by atoms with E-state index in [-0.39, 0.29) is 103 Å². The van der Waals surface area contributed by atoms with E-state index in [1.54, 1.807) is 0 Å². The molecule has 0 aliphatic heterocycles. The van der Waals surface area contributed by atoms with Crippen molar-refractivity contribution >= 4 is 121 Å². The van der Waals surface area contributed by atoms with Gasteiger partial charge in [-0.1, -0.05) is 0 Å². The molecule has 0 unspecified atom stereocenters. The summed E-state index contributed by atoms with van der Waals surface area (Å²) in [6, 6.07) is 0. The minimum absolute atomic E-state index is 0. The zero-order chi connectivity index (χ0) is 9.72. The second-order valence-corrected chi connectivity index (χ2v) is 1.88. The Hall–Kier alpha value is 1.42. The third-order valence-electron chi connectivity index (χ3n) is 0.914. The zero-order valence-electron chi connectivity index (χ0n) is 5.85. The maximum atomic E-state index is 10.2. The first-order chi connectivity index (χ1) is 5.43. The summed E-state index contributed by atoms with van der Waals surface area (Å²) in [5, 5.41) is 24.5. The van der Waals surface area contributed by atoms with Gasteiger partial charge in [0.05, 0.1) is 12.0 Å². The summed E-state index contributed by atoms with van der Waals surface area (Å²) in [6.07, 6.45) is -0.446. The monoisotopic (exact) mass is 254 g/mol. The molecule has 0 radical (unpaired) electrons. The molecule has 0 spiro atoms. The van der Waals surface area contributed by atoms with Gasteiger partial charge in [0, 0.05) is 6.08 Å². The molecule has 70 valence electrons. The Balaban J connectivity index is -0.000000605. The Morgan fingerprint density at radius 3 is 1.64 bits per heavy atom. The standard InChI is InChI=1S/C6H6O6.2K.2H/c7-4(8)1-3(6(11)12)2-5(9)10;;;;/h1H,2H2,(H,7,8)(H,9,10)(H,11,12);;;;. The first-order valence-corrected chi connectivity index (χ1v) is 2.82. The third-order valence-corrected chi connectivity index (χ3v) is 0.914. The molecular weight excluding hydrogens is 246 g/mol. The summed E-state index contributed by atoms with van der Waals surface area (Å²) < 4.78 is 0. The molecule has 0 aromatic heterocycles. The van der Waals surface area contributed by atoms with Crippen LogP contribution in [0.2, 0.25) is 0 Å². The van der Waals surface area contributed by atoms with E-state index in [0.717, 1.165) is 0 Å². The predicted octanol–water partition coefficient (Wildman–Crippen LogP) is -1.74. The SMILES string of the molecule is O=C(O)C=C(CC(=O)O)C(=O)O.[KH].[KH]. The predicted molar refractivity (Wildman–Crippen MR) is 49.9 cm³/mol. The number of carbonyl (C=O) groups is 3. The van der Waals surface area contributed by atoms with E-state index >= 15 is 0 Å². The Kier molecular flexibility index (Phi) is 16.2. The van der Waals surface area contributed by atoms with Crippen LogP contribution < -0.4 is 0 Å². The van der Waals surface area contributed by atoms with Crippen molar-refractivity contribution in [2.45, 2.75) is 6.42 Å². The molecule has 0 atom stereocenters. The van der Waals surface area contributed by atoms with Crippen molar-refractivity contribution in [3.63, 3.8) is 0 Å².